The van der Waals surface area contributed by atoms with Crippen molar-refractivity contribution in [1.29, 1.82) is 0 Å². The van der Waals surface area contributed by atoms with Gasteiger partial charge in [-0.15, -0.1) is 5.10 Å². The van der Waals surface area contributed by atoms with Crippen molar-refractivity contribution >= 4 is 34.1 Å². The number of carbonyl (C=O) groups excluding carboxylic acids is 1. The second-order valence-electron chi connectivity index (χ2n) is 5.93. The number of hydrogen-bond donors (Lipinski definition) is 0. The van der Waals surface area contributed by atoms with E-state index in [1.807, 2.05) is 12.1 Å². The summed E-state index contributed by atoms with van der Waals surface area (Å²) in [5, 5.41) is 9.16. The summed E-state index contributed by atoms with van der Waals surface area (Å²) in [6, 6.07) is 14.2. The minimum Gasteiger partial charge on any atom is -0.461 e. The molecular weight excluding hydrogens is 368 g/mol. The summed E-state index contributed by atoms with van der Waals surface area (Å²) < 4.78 is 8.06. The Labute approximate surface area is 158 Å². The fourth-order valence-electron chi connectivity index (χ4n) is 3.01. The number of rotatable bonds is 4. The molecule has 0 fully saturated rings. The molecule has 0 atom stereocenters. The van der Waals surface area contributed by atoms with Crippen molar-refractivity contribution in [1.82, 2.24) is 19.4 Å². The van der Waals surface area contributed by atoms with Crippen LogP contribution in [0.5, 0.6) is 0 Å². The monoisotopic (exact) mass is 382 g/mol. The zero-order valence-corrected chi connectivity index (χ0v) is 15.2. The quantitative estimate of drug-likeness (QED) is 0.507. The van der Waals surface area contributed by atoms with Crippen LogP contribution in [0.2, 0.25) is 5.02 Å². The molecule has 0 aliphatic carbocycles. The Bertz CT molecular complexity index is 1210. The first-order valence-electron chi connectivity index (χ1n) is 8.38. The molecule has 8 heteroatoms. The van der Waals surface area contributed by atoms with Gasteiger partial charge in [-0.3, -0.25) is 9.36 Å². The first kappa shape index (κ1) is 17.2. The number of aromatic nitrogens is 4. The Morgan fingerprint density at radius 2 is 1.89 bits per heavy atom. The maximum absolute atomic E-state index is 13.2. The van der Waals surface area contributed by atoms with Gasteiger partial charge in [0.1, 0.15) is 0 Å². The zero-order valence-electron chi connectivity index (χ0n) is 14.4. The van der Waals surface area contributed by atoms with E-state index in [9.17, 15) is 9.59 Å². The molecule has 0 saturated carbocycles. The van der Waals surface area contributed by atoms with Gasteiger partial charge in [-0.2, -0.15) is 4.52 Å². The molecule has 0 aliphatic heterocycles. The average Bonchev–Trinajstić information content (AvgIpc) is 3.12. The number of carbonyl (C=O) groups is 1. The smallest absolute Gasteiger partial charge is 0.362 e. The van der Waals surface area contributed by atoms with E-state index >= 15 is 0 Å². The number of esters is 1. The molecule has 4 aromatic rings. The van der Waals surface area contributed by atoms with Gasteiger partial charge in [0.15, 0.2) is 5.65 Å². The number of nitrogens with zero attached hydrogens (tertiary/aromatic N) is 4. The van der Waals surface area contributed by atoms with Crippen LogP contribution in [0.4, 0.5) is 0 Å². The van der Waals surface area contributed by atoms with Gasteiger partial charge in [-0.05, 0) is 36.8 Å². The normalized spacial score (nSPS) is 11.2. The molecule has 2 heterocycles. The molecule has 0 radical (unpaired) electrons. The lowest BCUT2D eigenvalue weighted by Crippen LogP contribution is -2.25. The molecule has 2 aromatic heterocycles. The summed E-state index contributed by atoms with van der Waals surface area (Å²) in [5.41, 5.74) is 1.50. The lowest BCUT2D eigenvalue weighted by molar-refractivity contribution is 0.0521. The molecule has 0 amide bonds. The maximum Gasteiger partial charge on any atom is 0.362 e. The Morgan fingerprint density at radius 1 is 1.15 bits per heavy atom. The van der Waals surface area contributed by atoms with Crippen molar-refractivity contribution in [2.45, 2.75) is 13.5 Å². The zero-order chi connectivity index (χ0) is 19.0. The summed E-state index contributed by atoms with van der Waals surface area (Å²) >= 11 is 5.95. The van der Waals surface area contributed by atoms with Gasteiger partial charge >= 0.3 is 5.97 Å². The van der Waals surface area contributed by atoms with Crippen LogP contribution in [0.25, 0.3) is 16.6 Å². The fourth-order valence-corrected chi connectivity index (χ4v) is 3.14. The third-order valence-corrected chi connectivity index (χ3v) is 4.48. The third kappa shape index (κ3) is 2.96. The Hall–Kier alpha value is -3.19. The van der Waals surface area contributed by atoms with Gasteiger partial charge in [-0.1, -0.05) is 41.1 Å². The average molecular weight is 383 g/mol. The van der Waals surface area contributed by atoms with Gasteiger partial charge in [-0.25, -0.2) is 4.79 Å². The molecule has 136 valence electrons. The Balaban J connectivity index is 2.02. The van der Waals surface area contributed by atoms with Crippen LogP contribution < -0.4 is 5.56 Å². The van der Waals surface area contributed by atoms with Crippen molar-refractivity contribution in [2.24, 2.45) is 0 Å². The maximum atomic E-state index is 13.2. The summed E-state index contributed by atoms with van der Waals surface area (Å²) in [5.74, 6) is -0.618. The molecule has 7 nitrogen and oxygen atoms in total. The van der Waals surface area contributed by atoms with Crippen LogP contribution in [0, 0.1) is 0 Å². The predicted molar refractivity (Wildman–Crippen MR) is 101 cm³/mol. The molecule has 0 saturated heterocycles. The highest BCUT2D eigenvalue weighted by atomic mass is 35.5. The number of halogens is 1. The highest BCUT2D eigenvalue weighted by Gasteiger charge is 2.22. The van der Waals surface area contributed by atoms with Crippen molar-refractivity contribution in [3.05, 3.63) is 75.2 Å². The minimum absolute atomic E-state index is 0.00802. The summed E-state index contributed by atoms with van der Waals surface area (Å²) in [6.45, 7) is 2.15. The summed E-state index contributed by atoms with van der Waals surface area (Å²) in [7, 11) is 0. The molecule has 0 unspecified atom stereocenters. The standard InChI is InChI=1S/C19H15ClN4O3/c1-2-27-19(26)16-17-23(11-12-7-9-13(20)10-8-12)18(25)14-5-3-4-6-15(14)24(17)22-21-16/h3-10H,2,11H2,1H3. The SMILES string of the molecule is CCOC(=O)c1nnn2c3ccccc3c(=O)n(Cc3ccc(Cl)cc3)c12. The third-order valence-electron chi connectivity index (χ3n) is 4.23. The van der Waals surface area contributed by atoms with Crippen LogP contribution in [0.15, 0.2) is 53.3 Å². The number of hydrogen-bond acceptors (Lipinski definition) is 5. The topological polar surface area (TPSA) is 78.5 Å². The van der Waals surface area contributed by atoms with Crippen molar-refractivity contribution in [3.8, 4) is 0 Å². The fraction of sp³-hybridized carbons (Fsp3) is 0.158. The molecular formula is C19H15ClN4O3. The van der Waals surface area contributed by atoms with E-state index in [1.165, 1.54) is 9.08 Å². The Morgan fingerprint density at radius 3 is 2.63 bits per heavy atom. The molecule has 0 N–H and O–H groups in total. The van der Waals surface area contributed by atoms with Crippen LogP contribution in [-0.2, 0) is 11.3 Å². The van der Waals surface area contributed by atoms with E-state index in [-0.39, 0.29) is 24.4 Å². The second kappa shape index (κ2) is 6.85. The first-order valence-corrected chi connectivity index (χ1v) is 8.76. The van der Waals surface area contributed by atoms with Gasteiger partial charge in [0, 0.05) is 5.02 Å². The second-order valence-corrected chi connectivity index (χ2v) is 6.37. The summed E-state index contributed by atoms with van der Waals surface area (Å²) in [4.78, 5) is 25.5. The van der Waals surface area contributed by atoms with E-state index < -0.39 is 5.97 Å². The summed E-state index contributed by atoms with van der Waals surface area (Å²) in [6.07, 6.45) is 0. The van der Waals surface area contributed by atoms with Crippen LogP contribution in [0.3, 0.4) is 0 Å². The number of ether oxygens (including phenoxy) is 1. The predicted octanol–water partition coefficient (Wildman–Crippen LogP) is 2.92. The van der Waals surface area contributed by atoms with Crippen LogP contribution in [0.1, 0.15) is 23.0 Å². The molecule has 4 rings (SSSR count). The number of fused-ring (bicyclic) bond motifs is 3. The van der Waals surface area contributed by atoms with E-state index in [0.717, 1.165) is 5.56 Å². The molecule has 27 heavy (non-hydrogen) atoms. The lowest BCUT2D eigenvalue weighted by Gasteiger charge is -2.11. The number of para-hydroxylation sites is 1. The van der Waals surface area contributed by atoms with Crippen molar-refractivity contribution in [2.75, 3.05) is 6.61 Å². The molecule has 0 spiro atoms. The van der Waals surface area contributed by atoms with Crippen LogP contribution in [-0.4, -0.2) is 32.0 Å². The highest BCUT2D eigenvalue weighted by Crippen LogP contribution is 2.18. The van der Waals surface area contributed by atoms with Gasteiger partial charge in [0.25, 0.3) is 5.56 Å². The van der Waals surface area contributed by atoms with E-state index in [1.54, 1.807) is 43.3 Å². The van der Waals surface area contributed by atoms with Crippen molar-refractivity contribution in [3.63, 3.8) is 0 Å². The van der Waals surface area contributed by atoms with E-state index in [0.29, 0.717) is 21.6 Å². The van der Waals surface area contributed by atoms with E-state index in [2.05, 4.69) is 10.3 Å². The molecule has 0 bridgehead atoms. The van der Waals surface area contributed by atoms with Gasteiger partial charge < -0.3 is 4.74 Å². The number of benzene rings is 2. The lowest BCUT2D eigenvalue weighted by atomic mass is 10.2. The highest BCUT2D eigenvalue weighted by molar-refractivity contribution is 6.30. The first-order chi connectivity index (χ1) is 13.1. The van der Waals surface area contributed by atoms with Gasteiger partial charge in [0.2, 0.25) is 5.69 Å². The van der Waals surface area contributed by atoms with Crippen LogP contribution >= 0.6 is 11.6 Å². The molecule has 2 aromatic carbocycles. The minimum atomic E-state index is -0.618. The Kier molecular flexibility index (Phi) is 4.37. The largest absolute Gasteiger partial charge is 0.461 e. The van der Waals surface area contributed by atoms with Crippen molar-refractivity contribution < 1.29 is 9.53 Å². The van der Waals surface area contributed by atoms with Gasteiger partial charge in [0.05, 0.1) is 24.1 Å². The molecule has 0 aliphatic rings. The van der Waals surface area contributed by atoms with E-state index in [4.69, 9.17) is 16.3 Å².